The maximum atomic E-state index is 13.8. The average molecular weight is 345 g/mol. The molecule has 0 aliphatic heterocycles. The molecule has 0 radical (unpaired) electrons. The number of nitrogens with zero attached hydrogens (tertiary/aromatic N) is 2. The molecule has 0 fully saturated rings. The number of carbonyl (C=O) groups excluding carboxylic acids is 1. The molecule has 0 atom stereocenters. The van der Waals surface area contributed by atoms with Crippen LogP contribution in [-0.2, 0) is 6.42 Å². The standard InChI is InChI=1S/C17H16FN3O2S/c1-2-3-8-15-20-21-17(24-15)19-16(22)14-10-9-13(23-14)11-6-4-5-7-12(11)18/h4-7,9-10H,2-3,8H2,1H3,(H,19,21,22). The Hall–Kier alpha value is -2.54. The SMILES string of the molecule is CCCCc1nnc(NC(=O)c2ccc(-c3ccccc3F)o2)s1. The quantitative estimate of drug-likeness (QED) is 0.712. The van der Waals surface area contributed by atoms with Crippen molar-refractivity contribution in [3.05, 3.63) is 53.0 Å². The van der Waals surface area contributed by atoms with Gasteiger partial charge in [-0.25, -0.2) is 4.39 Å². The predicted molar refractivity (Wildman–Crippen MR) is 90.6 cm³/mol. The first kappa shape index (κ1) is 16.3. The van der Waals surface area contributed by atoms with Crippen molar-refractivity contribution in [1.29, 1.82) is 0 Å². The maximum absolute atomic E-state index is 13.8. The van der Waals surface area contributed by atoms with Crippen LogP contribution in [0.4, 0.5) is 9.52 Å². The van der Waals surface area contributed by atoms with Crippen molar-refractivity contribution in [3.8, 4) is 11.3 Å². The minimum Gasteiger partial charge on any atom is -0.451 e. The molecule has 0 aliphatic carbocycles. The number of rotatable bonds is 6. The van der Waals surface area contributed by atoms with Gasteiger partial charge in [-0.15, -0.1) is 10.2 Å². The molecule has 7 heteroatoms. The summed E-state index contributed by atoms with van der Waals surface area (Å²) in [6.07, 6.45) is 2.96. The van der Waals surface area contributed by atoms with E-state index in [1.807, 2.05) is 0 Å². The second kappa shape index (κ2) is 7.35. The first-order valence-electron chi connectivity index (χ1n) is 7.66. The van der Waals surface area contributed by atoms with Crippen molar-refractivity contribution in [1.82, 2.24) is 10.2 Å². The molecule has 124 valence electrons. The fourth-order valence-electron chi connectivity index (χ4n) is 2.16. The van der Waals surface area contributed by atoms with Crippen molar-refractivity contribution in [2.45, 2.75) is 26.2 Å². The number of unbranched alkanes of at least 4 members (excludes halogenated alkanes) is 1. The molecule has 0 saturated carbocycles. The van der Waals surface area contributed by atoms with E-state index in [0.717, 1.165) is 24.3 Å². The van der Waals surface area contributed by atoms with Gasteiger partial charge in [-0.1, -0.05) is 36.8 Å². The lowest BCUT2D eigenvalue weighted by atomic mass is 10.1. The van der Waals surface area contributed by atoms with Gasteiger partial charge in [-0.05, 0) is 30.7 Å². The molecule has 0 spiro atoms. The molecule has 2 aromatic heterocycles. The molecule has 1 N–H and O–H groups in total. The summed E-state index contributed by atoms with van der Waals surface area (Å²) in [6.45, 7) is 2.10. The van der Waals surface area contributed by atoms with Crippen LogP contribution in [0, 0.1) is 5.82 Å². The monoisotopic (exact) mass is 345 g/mol. The Kier molecular flexibility index (Phi) is 5.00. The Bertz CT molecular complexity index is 844. The Labute approximate surface area is 142 Å². The molecule has 0 aliphatic rings. The van der Waals surface area contributed by atoms with Crippen LogP contribution in [0.15, 0.2) is 40.8 Å². The minimum absolute atomic E-state index is 0.0959. The van der Waals surface area contributed by atoms with E-state index in [1.165, 1.54) is 23.5 Å². The third-order valence-corrected chi connectivity index (χ3v) is 4.30. The number of aryl methyl sites for hydroxylation is 1. The lowest BCUT2D eigenvalue weighted by molar-refractivity contribution is 0.0997. The Balaban J connectivity index is 1.70. The highest BCUT2D eigenvalue weighted by Crippen LogP contribution is 2.25. The van der Waals surface area contributed by atoms with Gasteiger partial charge in [0.2, 0.25) is 5.13 Å². The molecule has 5 nitrogen and oxygen atoms in total. The molecule has 0 unspecified atom stereocenters. The smallest absolute Gasteiger partial charge is 0.293 e. The van der Waals surface area contributed by atoms with Crippen LogP contribution in [0.1, 0.15) is 35.3 Å². The second-order valence-electron chi connectivity index (χ2n) is 5.20. The minimum atomic E-state index is -0.434. The zero-order chi connectivity index (χ0) is 16.9. The number of amides is 1. The number of aromatic nitrogens is 2. The van der Waals surface area contributed by atoms with Gasteiger partial charge in [0.25, 0.3) is 5.91 Å². The molecule has 0 bridgehead atoms. The Morgan fingerprint density at radius 1 is 1.25 bits per heavy atom. The van der Waals surface area contributed by atoms with E-state index in [-0.39, 0.29) is 5.76 Å². The fourth-order valence-corrected chi connectivity index (χ4v) is 2.93. The highest BCUT2D eigenvalue weighted by atomic mass is 32.1. The molecule has 1 amide bonds. The topological polar surface area (TPSA) is 68.0 Å². The van der Waals surface area contributed by atoms with Crippen molar-refractivity contribution in [3.63, 3.8) is 0 Å². The third-order valence-electron chi connectivity index (χ3n) is 3.40. The highest BCUT2D eigenvalue weighted by molar-refractivity contribution is 7.15. The molecule has 1 aromatic carbocycles. The largest absolute Gasteiger partial charge is 0.451 e. The summed E-state index contributed by atoms with van der Waals surface area (Å²) in [5.74, 6) is -0.433. The molecular weight excluding hydrogens is 329 g/mol. The lowest BCUT2D eigenvalue weighted by Gasteiger charge is -1.99. The third kappa shape index (κ3) is 3.68. The number of nitrogens with one attached hydrogen (secondary N) is 1. The normalized spacial score (nSPS) is 10.8. The van der Waals surface area contributed by atoms with Gasteiger partial charge >= 0.3 is 0 Å². The van der Waals surface area contributed by atoms with E-state index in [2.05, 4.69) is 22.4 Å². The van der Waals surface area contributed by atoms with Gasteiger partial charge in [0.05, 0.1) is 5.56 Å². The molecule has 3 rings (SSSR count). The summed E-state index contributed by atoms with van der Waals surface area (Å²) in [6, 6.07) is 9.33. The number of carbonyl (C=O) groups is 1. The molecule has 0 saturated heterocycles. The molecule has 2 heterocycles. The zero-order valence-electron chi connectivity index (χ0n) is 13.1. The van der Waals surface area contributed by atoms with Crippen molar-refractivity contribution in [2.75, 3.05) is 5.32 Å². The second-order valence-corrected chi connectivity index (χ2v) is 6.26. The van der Waals surface area contributed by atoms with Gasteiger partial charge in [0.1, 0.15) is 16.6 Å². The van der Waals surface area contributed by atoms with Gasteiger partial charge in [-0.3, -0.25) is 10.1 Å². The van der Waals surface area contributed by atoms with Crippen LogP contribution in [0.3, 0.4) is 0 Å². The molecular formula is C17H16FN3O2S. The maximum Gasteiger partial charge on any atom is 0.293 e. The van der Waals surface area contributed by atoms with Gasteiger partial charge in [0, 0.05) is 6.42 Å². The zero-order valence-corrected chi connectivity index (χ0v) is 13.9. The van der Waals surface area contributed by atoms with Gasteiger partial charge in [-0.2, -0.15) is 0 Å². The van der Waals surface area contributed by atoms with Gasteiger partial charge < -0.3 is 4.42 Å². The van der Waals surface area contributed by atoms with Crippen LogP contribution in [0.2, 0.25) is 0 Å². The van der Waals surface area contributed by atoms with E-state index in [0.29, 0.717) is 16.5 Å². The average Bonchev–Trinajstić information content (AvgIpc) is 3.23. The van der Waals surface area contributed by atoms with Crippen LogP contribution >= 0.6 is 11.3 Å². The van der Waals surface area contributed by atoms with Crippen molar-refractivity contribution >= 4 is 22.4 Å². The van der Waals surface area contributed by atoms with Crippen molar-refractivity contribution < 1.29 is 13.6 Å². The summed E-state index contributed by atoms with van der Waals surface area (Å²) in [4.78, 5) is 12.2. The van der Waals surface area contributed by atoms with Crippen LogP contribution in [0.5, 0.6) is 0 Å². The number of anilines is 1. The van der Waals surface area contributed by atoms with Crippen LogP contribution in [0.25, 0.3) is 11.3 Å². The summed E-state index contributed by atoms with van der Waals surface area (Å²) in [5.41, 5.74) is 0.314. The van der Waals surface area contributed by atoms with E-state index in [9.17, 15) is 9.18 Å². The van der Waals surface area contributed by atoms with E-state index in [1.54, 1.807) is 24.3 Å². The van der Waals surface area contributed by atoms with E-state index < -0.39 is 11.7 Å². The van der Waals surface area contributed by atoms with Crippen LogP contribution in [-0.4, -0.2) is 16.1 Å². The predicted octanol–water partition coefficient (Wildman–Crippen LogP) is 4.53. The number of furan rings is 1. The van der Waals surface area contributed by atoms with Crippen LogP contribution < -0.4 is 5.32 Å². The van der Waals surface area contributed by atoms with E-state index in [4.69, 9.17) is 4.42 Å². The molecule has 24 heavy (non-hydrogen) atoms. The summed E-state index contributed by atoms with van der Waals surface area (Å²) < 4.78 is 19.2. The number of benzene rings is 1. The number of hydrogen-bond donors (Lipinski definition) is 1. The first-order chi connectivity index (χ1) is 11.7. The summed E-state index contributed by atoms with van der Waals surface area (Å²) in [5, 5.41) is 12.0. The van der Waals surface area contributed by atoms with Crippen molar-refractivity contribution in [2.24, 2.45) is 0 Å². The highest BCUT2D eigenvalue weighted by Gasteiger charge is 2.16. The number of halogens is 1. The summed E-state index contributed by atoms with van der Waals surface area (Å²) >= 11 is 1.35. The fraction of sp³-hybridized carbons (Fsp3) is 0.235. The number of hydrogen-bond acceptors (Lipinski definition) is 5. The first-order valence-corrected chi connectivity index (χ1v) is 8.47. The van der Waals surface area contributed by atoms with E-state index >= 15 is 0 Å². The Morgan fingerprint density at radius 3 is 2.88 bits per heavy atom. The lowest BCUT2D eigenvalue weighted by Crippen LogP contribution is -2.10. The van der Waals surface area contributed by atoms with Gasteiger partial charge in [0.15, 0.2) is 5.76 Å². The molecule has 3 aromatic rings. The summed E-state index contributed by atoms with van der Waals surface area (Å²) in [7, 11) is 0. The Morgan fingerprint density at radius 2 is 2.08 bits per heavy atom.